The Kier molecular flexibility index (Phi) is 3.56. The van der Waals surface area contributed by atoms with Crippen molar-refractivity contribution in [3.05, 3.63) is 60.4 Å². The Bertz CT molecular complexity index is 609. The van der Waals surface area contributed by atoms with Crippen LogP contribution in [-0.4, -0.2) is 23.2 Å². The first-order valence-electron chi connectivity index (χ1n) is 7.06. The van der Waals surface area contributed by atoms with E-state index >= 15 is 0 Å². The number of anilines is 1. The minimum atomic E-state index is -0.0764. The maximum absolute atomic E-state index is 4.46. The molecule has 3 rings (SSSR count). The summed E-state index contributed by atoms with van der Waals surface area (Å²) in [5, 5.41) is 12.4. The molecule has 0 unspecified atom stereocenters. The predicted molar refractivity (Wildman–Crippen MR) is 82.6 cm³/mol. The van der Waals surface area contributed by atoms with E-state index in [0.29, 0.717) is 6.67 Å². The standard InChI is InChI=1S/C16H19N5/c1-16(2,15-10-6-7-11-17-15)12-20-13-21(19-18-20)14-8-4-3-5-9-14/h3-11H,12-13H2,1-2H3. The molecular weight excluding hydrogens is 262 g/mol. The zero-order chi connectivity index (χ0) is 14.7. The van der Waals surface area contributed by atoms with Crippen LogP contribution in [0.1, 0.15) is 19.5 Å². The summed E-state index contributed by atoms with van der Waals surface area (Å²) < 4.78 is 0. The summed E-state index contributed by atoms with van der Waals surface area (Å²) >= 11 is 0. The number of hydrogen-bond donors (Lipinski definition) is 0. The quantitative estimate of drug-likeness (QED) is 0.862. The number of benzene rings is 1. The SMILES string of the molecule is CC(C)(CN1CN(c2ccccc2)N=N1)c1ccccn1. The lowest BCUT2D eigenvalue weighted by Gasteiger charge is -2.28. The molecular formula is C16H19N5. The van der Waals surface area contributed by atoms with Gasteiger partial charge in [0.15, 0.2) is 0 Å². The summed E-state index contributed by atoms with van der Waals surface area (Å²) in [7, 11) is 0. The van der Waals surface area contributed by atoms with E-state index in [2.05, 4.69) is 35.3 Å². The van der Waals surface area contributed by atoms with Crippen LogP contribution in [0.5, 0.6) is 0 Å². The highest BCUT2D eigenvalue weighted by Gasteiger charge is 2.28. The summed E-state index contributed by atoms with van der Waals surface area (Å²) in [6.07, 6.45) is 1.83. The second kappa shape index (κ2) is 5.52. The third kappa shape index (κ3) is 3.02. The van der Waals surface area contributed by atoms with Gasteiger partial charge < -0.3 is 0 Å². The van der Waals surface area contributed by atoms with E-state index in [1.807, 2.05) is 58.7 Å². The third-order valence-electron chi connectivity index (χ3n) is 3.56. The fraction of sp³-hybridized carbons (Fsp3) is 0.312. The van der Waals surface area contributed by atoms with Crippen molar-refractivity contribution in [2.75, 3.05) is 18.2 Å². The molecule has 0 atom stereocenters. The average Bonchev–Trinajstić information content (AvgIpc) is 2.97. The van der Waals surface area contributed by atoms with Crippen LogP contribution in [0.3, 0.4) is 0 Å². The monoisotopic (exact) mass is 281 g/mol. The second-order valence-corrected chi connectivity index (χ2v) is 5.82. The van der Waals surface area contributed by atoms with E-state index in [1.165, 1.54) is 0 Å². The first-order valence-corrected chi connectivity index (χ1v) is 7.06. The zero-order valence-electron chi connectivity index (χ0n) is 12.3. The van der Waals surface area contributed by atoms with Gasteiger partial charge >= 0.3 is 0 Å². The Balaban J connectivity index is 1.67. The molecule has 1 aromatic carbocycles. The van der Waals surface area contributed by atoms with E-state index < -0.39 is 0 Å². The molecule has 21 heavy (non-hydrogen) atoms. The van der Waals surface area contributed by atoms with Crippen LogP contribution in [0.4, 0.5) is 5.69 Å². The van der Waals surface area contributed by atoms with Crippen molar-refractivity contribution in [1.82, 2.24) is 9.99 Å². The highest BCUT2D eigenvalue weighted by atomic mass is 15.8. The predicted octanol–water partition coefficient (Wildman–Crippen LogP) is 3.42. The van der Waals surface area contributed by atoms with Crippen molar-refractivity contribution >= 4 is 5.69 Å². The van der Waals surface area contributed by atoms with Crippen LogP contribution in [0.25, 0.3) is 0 Å². The van der Waals surface area contributed by atoms with Gasteiger partial charge in [0.05, 0.1) is 12.2 Å². The van der Waals surface area contributed by atoms with Gasteiger partial charge in [0.25, 0.3) is 0 Å². The molecule has 1 aliphatic rings. The molecule has 0 radical (unpaired) electrons. The zero-order valence-corrected chi connectivity index (χ0v) is 12.3. The number of para-hydroxylation sites is 1. The van der Waals surface area contributed by atoms with E-state index in [0.717, 1.165) is 17.9 Å². The van der Waals surface area contributed by atoms with Gasteiger partial charge in [-0.2, -0.15) is 0 Å². The van der Waals surface area contributed by atoms with Crippen molar-refractivity contribution < 1.29 is 0 Å². The van der Waals surface area contributed by atoms with Gasteiger partial charge in [0, 0.05) is 17.3 Å². The minimum absolute atomic E-state index is 0.0764. The lowest BCUT2D eigenvalue weighted by atomic mass is 9.88. The number of nitrogens with zero attached hydrogens (tertiary/aromatic N) is 5. The number of hydrogen-bond acceptors (Lipinski definition) is 5. The Morgan fingerprint density at radius 3 is 2.48 bits per heavy atom. The summed E-state index contributed by atoms with van der Waals surface area (Å²) in [4.78, 5) is 4.46. The van der Waals surface area contributed by atoms with Crippen molar-refractivity contribution in [2.24, 2.45) is 10.4 Å². The molecule has 2 aromatic rings. The van der Waals surface area contributed by atoms with Crippen molar-refractivity contribution in [3.8, 4) is 0 Å². The van der Waals surface area contributed by atoms with Gasteiger partial charge in [0.1, 0.15) is 6.67 Å². The van der Waals surface area contributed by atoms with Crippen LogP contribution in [0.2, 0.25) is 0 Å². The average molecular weight is 281 g/mol. The fourth-order valence-electron chi connectivity index (χ4n) is 2.43. The molecule has 0 saturated carbocycles. The van der Waals surface area contributed by atoms with Crippen LogP contribution in [0, 0.1) is 0 Å². The van der Waals surface area contributed by atoms with Gasteiger partial charge in [-0.05, 0) is 29.5 Å². The molecule has 0 spiro atoms. The molecule has 1 aliphatic heterocycles. The molecule has 0 aliphatic carbocycles. The molecule has 5 heteroatoms. The molecule has 2 heterocycles. The number of rotatable bonds is 4. The van der Waals surface area contributed by atoms with Crippen molar-refractivity contribution in [1.29, 1.82) is 0 Å². The summed E-state index contributed by atoms with van der Waals surface area (Å²) in [5.41, 5.74) is 2.05. The van der Waals surface area contributed by atoms with Crippen LogP contribution in [0.15, 0.2) is 65.2 Å². The molecule has 0 fully saturated rings. The molecule has 0 saturated heterocycles. The largest absolute Gasteiger partial charge is 0.261 e. The first-order chi connectivity index (χ1) is 10.1. The Morgan fingerprint density at radius 1 is 1.00 bits per heavy atom. The van der Waals surface area contributed by atoms with Gasteiger partial charge in [-0.3, -0.25) is 9.99 Å². The van der Waals surface area contributed by atoms with Gasteiger partial charge in [-0.15, -0.1) is 0 Å². The molecule has 0 amide bonds. The first kappa shape index (κ1) is 13.5. The summed E-state index contributed by atoms with van der Waals surface area (Å²) in [5.74, 6) is 0. The fourth-order valence-corrected chi connectivity index (χ4v) is 2.43. The van der Waals surface area contributed by atoms with Crippen LogP contribution >= 0.6 is 0 Å². The highest BCUT2D eigenvalue weighted by molar-refractivity contribution is 5.44. The number of pyridine rings is 1. The highest BCUT2D eigenvalue weighted by Crippen LogP contribution is 2.25. The lowest BCUT2D eigenvalue weighted by molar-refractivity contribution is 0.249. The maximum atomic E-state index is 4.46. The van der Waals surface area contributed by atoms with Gasteiger partial charge in [0.2, 0.25) is 0 Å². The molecule has 0 N–H and O–H groups in total. The second-order valence-electron chi connectivity index (χ2n) is 5.82. The Labute approximate surface area is 124 Å². The Morgan fingerprint density at radius 2 is 1.76 bits per heavy atom. The van der Waals surface area contributed by atoms with Gasteiger partial charge in [-0.1, -0.05) is 43.3 Å². The molecule has 108 valence electrons. The molecule has 1 aromatic heterocycles. The van der Waals surface area contributed by atoms with E-state index in [9.17, 15) is 0 Å². The summed E-state index contributed by atoms with van der Waals surface area (Å²) in [6, 6.07) is 16.1. The smallest absolute Gasteiger partial charge is 0.132 e. The summed E-state index contributed by atoms with van der Waals surface area (Å²) in [6.45, 7) is 5.79. The van der Waals surface area contributed by atoms with E-state index in [1.54, 1.807) is 0 Å². The lowest BCUT2D eigenvalue weighted by Crippen LogP contribution is -2.36. The molecule has 5 nitrogen and oxygen atoms in total. The van der Waals surface area contributed by atoms with E-state index in [-0.39, 0.29) is 5.41 Å². The minimum Gasteiger partial charge on any atom is -0.261 e. The maximum Gasteiger partial charge on any atom is 0.132 e. The number of aromatic nitrogens is 1. The van der Waals surface area contributed by atoms with Crippen molar-refractivity contribution in [2.45, 2.75) is 19.3 Å². The van der Waals surface area contributed by atoms with Gasteiger partial charge in [-0.25, -0.2) is 5.01 Å². The van der Waals surface area contributed by atoms with Crippen LogP contribution in [-0.2, 0) is 5.41 Å². The van der Waals surface area contributed by atoms with Crippen molar-refractivity contribution in [3.63, 3.8) is 0 Å². The normalized spacial score (nSPS) is 14.8. The third-order valence-corrected chi connectivity index (χ3v) is 3.56. The Hall–Kier alpha value is -2.43. The van der Waals surface area contributed by atoms with E-state index in [4.69, 9.17) is 0 Å². The molecule has 0 bridgehead atoms. The van der Waals surface area contributed by atoms with Crippen LogP contribution < -0.4 is 5.01 Å². The topological polar surface area (TPSA) is 44.1 Å².